The molecule has 4 heteroatoms. The summed E-state index contributed by atoms with van der Waals surface area (Å²) in [7, 11) is 0. The van der Waals surface area contributed by atoms with Crippen LogP contribution >= 0.6 is 11.6 Å². The number of halogens is 1. The topological polar surface area (TPSA) is 29.0 Å². The monoisotopic (exact) mass is 273 g/mol. The van der Waals surface area contributed by atoms with Crippen molar-refractivity contribution >= 4 is 23.1 Å². The van der Waals surface area contributed by atoms with Crippen LogP contribution in [0.15, 0.2) is 24.5 Å². The highest BCUT2D eigenvalue weighted by Gasteiger charge is 2.21. The highest BCUT2D eigenvalue weighted by molar-refractivity contribution is 6.30. The van der Waals surface area contributed by atoms with E-state index in [1.54, 1.807) is 0 Å². The van der Waals surface area contributed by atoms with Crippen molar-refractivity contribution in [1.82, 2.24) is 9.97 Å². The molecule has 1 aromatic heterocycles. The molecule has 0 saturated heterocycles. The van der Waals surface area contributed by atoms with E-state index in [4.69, 9.17) is 11.6 Å². The SMILES string of the molecule is Cc1ccc2c(c1)CCCN2c1ncnc(Cl)c1C. The van der Waals surface area contributed by atoms with Crippen LogP contribution in [0.3, 0.4) is 0 Å². The summed E-state index contributed by atoms with van der Waals surface area (Å²) in [5.41, 5.74) is 4.88. The third-order valence-corrected chi connectivity index (χ3v) is 3.99. The van der Waals surface area contributed by atoms with Crippen molar-refractivity contribution in [2.24, 2.45) is 0 Å². The van der Waals surface area contributed by atoms with E-state index in [0.717, 1.165) is 30.8 Å². The molecule has 0 aliphatic carbocycles. The summed E-state index contributed by atoms with van der Waals surface area (Å²) in [5.74, 6) is 0.921. The number of anilines is 2. The third kappa shape index (κ3) is 2.19. The van der Waals surface area contributed by atoms with Crippen LogP contribution in [-0.4, -0.2) is 16.5 Å². The highest BCUT2D eigenvalue weighted by Crippen LogP contribution is 2.35. The summed E-state index contributed by atoms with van der Waals surface area (Å²) in [6.45, 7) is 5.08. The van der Waals surface area contributed by atoms with Crippen LogP contribution in [-0.2, 0) is 6.42 Å². The lowest BCUT2D eigenvalue weighted by Gasteiger charge is -2.31. The van der Waals surface area contributed by atoms with E-state index in [9.17, 15) is 0 Å². The minimum absolute atomic E-state index is 0.532. The summed E-state index contributed by atoms with van der Waals surface area (Å²) in [5, 5.41) is 0.532. The smallest absolute Gasteiger partial charge is 0.140 e. The van der Waals surface area contributed by atoms with E-state index in [0.29, 0.717) is 5.15 Å². The number of hydrogen-bond acceptors (Lipinski definition) is 3. The summed E-state index contributed by atoms with van der Waals surface area (Å²) < 4.78 is 0. The van der Waals surface area contributed by atoms with Crippen molar-refractivity contribution in [3.63, 3.8) is 0 Å². The molecule has 3 nitrogen and oxygen atoms in total. The second-order valence-electron chi connectivity index (χ2n) is 5.00. The maximum absolute atomic E-state index is 6.11. The Labute approximate surface area is 118 Å². The van der Waals surface area contributed by atoms with E-state index in [1.165, 1.54) is 23.1 Å². The van der Waals surface area contributed by atoms with Gasteiger partial charge in [0.25, 0.3) is 0 Å². The minimum Gasteiger partial charge on any atom is -0.326 e. The Morgan fingerprint density at radius 2 is 2.05 bits per heavy atom. The van der Waals surface area contributed by atoms with Gasteiger partial charge in [0.2, 0.25) is 0 Å². The van der Waals surface area contributed by atoms with Crippen LogP contribution < -0.4 is 4.90 Å². The van der Waals surface area contributed by atoms with E-state index in [2.05, 4.69) is 40.0 Å². The molecule has 2 aromatic rings. The first kappa shape index (κ1) is 12.4. The molecule has 0 spiro atoms. The first-order chi connectivity index (χ1) is 9.16. The lowest BCUT2D eigenvalue weighted by Crippen LogP contribution is -2.26. The Balaban J connectivity index is 2.11. The number of fused-ring (bicyclic) bond motifs is 1. The number of aromatic nitrogens is 2. The Kier molecular flexibility index (Phi) is 3.15. The molecule has 1 aromatic carbocycles. The lowest BCUT2D eigenvalue weighted by atomic mass is 9.99. The molecule has 0 atom stereocenters. The molecule has 0 amide bonds. The molecule has 2 heterocycles. The molecule has 0 fully saturated rings. The van der Waals surface area contributed by atoms with Crippen molar-refractivity contribution in [2.45, 2.75) is 26.7 Å². The second kappa shape index (κ2) is 4.82. The molecule has 0 radical (unpaired) electrons. The first-order valence-electron chi connectivity index (χ1n) is 6.51. The van der Waals surface area contributed by atoms with Gasteiger partial charge in [-0.1, -0.05) is 29.3 Å². The fraction of sp³-hybridized carbons (Fsp3) is 0.333. The molecule has 0 saturated carbocycles. The van der Waals surface area contributed by atoms with Crippen molar-refractivity contribution in [1.29, 1.82) is 0 Å². The summed E-state index contributed by atoms with van der Waals surface area (Å²) in [6, 6.07) is 6.59. The van der Waals surface area contributed by atoms with Crippen LogP contribution in [0.2, 0.25) is 5.15 Å². The molecule has 3 rings (SSSR count). The van der Waals surface area contributed by atoms with E-state index in [1.807, 2.05) is 6.92 Å². The molecular formula is C15H16ClN3. The summed E-state index contributed by atoms with van der Waals surface area (Å²) in [6.07, 6.45) is 3.80. The zero-order valence-corrected chi connectivity index (χ0v) is 11.9. The lowest BCUT2D eigenvalue weighted by molar-refractivity contribution is 0.755. The first-order valence-corrected chi connectivity index (χ1v) is 6.89. The maximum atomic E-state index is 6.11. The van der Waals surface area contributed by atoms with Crippen LogP contribution in [0.25, 0.3) is 0 Å². The number of nitrogens with zero attached hydrogens (tertiary/aromatic N) is 3. The molecule has 0 unspecified atom stereocenters. The minimum atomic E-state index is 0.532. The summed E-state index contributed by atoms with van der Waals surface area (Å²) in [4.78, 5) is 10.7. The Bertz CT molecular complexity index is 625. The van der Waals surface area contributed by atoms with Crippen molar-refractivity contribution in [3.05, 3.63) is 46.4 Å². The largest absolute Gasteiger partial charge is 0.326 e. The highest BCUT2D eigenvalue weighted by atomic mass is 35.5. The quantitative estimate of drug-likeness (QED) is 0.740. The van der Waals surface area contributed by atoms with Gasteiger partial charge in [0, 0.05) is 17.8 Å². The van der Waals surface area contributed by atoms with E-state index in [-0.39, 0.29) is 0 Å². The molecular weight excluding hydrogens is 258 g/mol. The van der Waals surface area contributed by atoms with E-state index < -0.39 is 0 Å². The number of rotatable bonds is 1. The summed E-state index contributed by atoms with van der Waals surface area (Å²) >= 11 is 6.11. The molecule has 1 aliphatic rings. The van der Waals surface area contributed by atoms with Crippen LogP contribution in [0.1, 0.15) is 23.1 Å². The third-order valence-electron chi connectivity index (χ3n) is 3.61. The second-order valence-corrected chi connectivity index (χ2v) is 5.36. The normalized spacial score (nSPS) is 14.4. The number of aryl methyl sites for hydroxylation is 2. The van der Waals surface area contributed by atoms with Gasteiger partial charge in [-0.25, -0.2) is 9.97 Å². The average Bonchev–Trinajstić information content (AvgIpc) is 2.41. The van der Waals surface area contributed by atoms with Gasteiger partial charge in [-0.05, 0) is 38.3 Å². The molecule has 1 aliphatic heterocycles. The van der Waals surface area contributed by atoms with Crippen molar-refractivity contribution in [3.8, 4) is 0 Å². The zero-order valence-electron chi connectivity index (χ0n) is 11.2. The Morgan fingerprint density at radius 1 is 1.21 bits per heavy atom. The van der Waals surface area contributed by atoms with Crippen LogP contribution in [0.4, 0.5) is 11.5 Å². The average molecular weight is 274 g/mol. The van der Waals surface area contributed by atoms with Gasteiger partial charge >= 0.3 is 0 Å². The molecule has 0 bridgehead atoms. The maximum Gasteiger partial charge on any atom is 0.140 e. The van der Waals surface area contributed by atoms with Gasteiger partial charge < -0.3 is 4.90 Å². The molecule has 19 heavy (non-hydrogen) atoms. The van der Waals surface area contributed by atoms with Gasteiger partial charge in [0.1, 0.15) is 17.3 Å². The zero-order chi connectivity index (χ0) is 13.4. The van der Waals surface area contributed by atoms with Gasteiger partial charge in [-0.3, -0.25) is 0 Å². The van der Waals surface area contributed by atoms with Crippen molar-refractivity contribution in [2.75, 3.05) is 11.4 Å². The fourth-order valence-corrected chi connectivity index (χ4v) is 2.77. The van der Waals surface area contributed by atoms with Crippen LogP contribution in [0.5, 0.6) is 0 Å². The van der Waals surface area contributed by atoms with Gasteiger partial charge in [-0.2, -0.15) is 0 Å². The Hall–Kier alpha value is -1.61. The van der Waals surface area contributed by atoms with Crippen molar-refractivity contribution < 1.29 is 0 Å². The van der Waals surface area contributed by atoms with Gasteiger partial charge in [0.05, 0.1) is 0 Å². The van der Waals surface area contributed by atoms with Crippen LogP contribution in [0, 0.1) is 13.8 Å². The predicted molar refractivity (Wildman–Crippen MR) is 78.3 cm³/mol. The van der Waals surface area contributed by atoms with E-state index >= 15 is 0 Å². The van der Waals surface area contributed by atoms with Gasteiger partial charge in [0.15, 0.2) is 0 Å². The number of benzene rings is 1. The standard InChI is InChI=1S/C15H16ClN3/c1-10-5-6-13-12(8-10)4-3-7-19(13)15-11(2)14(16)17-9-18-15/h5-6,8-9H,3-4,7H2,1-2H3. The molecule has 0 N–H and O–H groups in total. The molecule has 98 valence electrons. The predicted octanol–water partition coefficient (Wildman–Crippen LogP) is 3.83. The Morgan fingerprint density at radius 3 is 2.89 bits per heavy atom. The van der Waals surface area contributed by atoms with Gasteiger partial charge in [-0.15, -0.1) is 0 Å². The fourth-order valence-electron chi connectivity index (χ4n) is 2.64. The number of hydrogen-bond donors (Lipinski definition) is 0.